The van der Waals surface area contributed by atoms with Gasteiger partial charge in [-0.2, -0.15) is 23.5 Å². The van der Waals surface area contributed by atoms with Crippen LogP contribution in [0.5, 0.6) is 0 Å². The fourth-order valence-electron chi connectivity index (χ4n) is 1.82. The lowest BCUT2D eigenvalue weighted by molar-refractivity contribution is 0.0691. The van der Waals surface area contributed by atoms with Crippen LogP contribution >= 0.6 is 23.5 Å². The molecule has 1 heterocycles. The van der Waals surface area contributed by atoms with Crippen molar-refractivity contribution in [1.29, 1.82) is 0 Å². The Morgan fingerprint density at radius 3 is 2.63 bits per heavy atom. The number of carboxylic acids is 1. The van der Waals surface area contributed by atoms with E-state index in [0.717, 1.165) is 17.3 Å². The summed E-state index contributed by atoms with van der Waals surface area (Å²) in [6, 6.07) is 6.28. The van der Waals surface area contributed by atoms with E-state index in [1.54, 1.807) is 18.2 Å². The molecule has 102 valence electrons. The maximum atomic E-state index is 12.0. The molecule has 1 unspecified atom stereocenters. The van der Waals surface area contributed by atoms with Crippen LogP contribution in [0.3, 0.4) is 0 Å². The first-order chi connectivity index (χ1) is 9.18. The zero-order valence-electron chi connectivity index (χ0n) is 10.3. The molecule has 2 N–H and O–H groups in total. The molecule has 1 aromatic rings. The van der Waals surface area contributed by atoms with E-state index in [1.807, 2.05) is 23.5 Å². The van der Waals surface area contributed by atoms with Crippen LogP contribution in [-0.2, 0) is 0 Å². The van der Waals surface area contributed by atoms with E-state index in [9.17, 15) is 9.59 Å². The highest BCUT2D eigenvalue weighted by Crippen LogP contribution is 2.23. The van der Waals surface area contributed by atoms with Gasteiger partial charge < -0.3 is 10.4 Å². The van der Waals surface area contributed by atoms with Gasteiger partial charge in [-0.15, -0.1) is 0 Å². The van der Waals surface area contributed by atoms with E-state index >= 15 is 0 Å². The number of hydrogen-bond acceptors (Lipinski definition) is 4. The standard InChI is InChI=1S/C13H15NO3S2/c15-12(14-7-9-8-18-5-6-19-9)10-3-1-2-4-11(10)13(16)17/h1-4,9H,5-8H2,(H,14,15)(H,16,17). The first kappa shape index (κ1) is 14.3. The number of hydrogen-bond donors (Lipinski definition) is 2. The molecule has 1 aromatic carbocycles. The highest BCUT2D eigenvalue weighted by Gasteiger charge is 2.18. The molecule has 0 bridgehead atoms. The lowest BCUT2D eigenvalue weighted by Gasteiger charge is -2.21. The number of aromatic carboxylic acids is 1. The van der Waals surface area contributed by atoms with Crippen molar-refractivity contribution in [3.05, 3.63) is 35.4 Å². The van der Waals surface area contributed by atoms with E-state index in [-0.39, 0.29) is 17.0 Å². The summed E-state index contributed by atoms with van der Waals surface area (Å²) in [4.78, 5) is 23.1. The second-order valence-corrected chi connectivity index (χ2v) is 6.69. The Kier molecular flexibility index (Phi) is 5.15. The molecule has 1 aliphatic rings. The minimum absolute atomic E-state index is 0.0469. The molecular formula is C13H15NO3S2. The summed E-state index contributed by atoms with van der Waals surface area (Å²) < 4.78 is 0. The number of thioether (sulfide) groups is 2. The second kappa shape index (κ2) is 6.86. The molecule has 1 saturated heterocycles. The number of carbonyl (C=O) groups excluding carboxylic acids is 1. The zero-order valence-corrected chi connectivity index (χ0v) is 11.9. The molecule has 1 aliphatic heterocycles. The zero-order chi connectivity index (χ0) is 13.7. The van der Waals surface area contributed by atoms with Crippen LogP contribution in [0.4, 0.5) is 0 Å². The van der Waals surface area contributed by atoms with Crippen LogP contribution in [0.1, 0.15) is 20.7 Å². The smallest absolute Gasteiger partial charge is 0.336 e. The van der Waals surface area contributed by atoms with Crippen molar-refractivity contribution in [3.63, 3.8) is 0 Å². The predicted molar refractivity (Wildman–Crippen MR) is 79.3 cm³/mol. The minimum atomic E-state index is -1.08. The lowest BCUT2D eigenvalue weighted by atomic mass is 10.1. The summed E-state index contributed by atoms with van der Waals surface area (Å²) in [6.45, 7) is 0.588. The van der Waals surface area contributed by atoms with Crippen molar-refractivity contribution >= 4 is 35.4 Å². The average molecular weight is 297 g/mol. The van der Waals surface area contributed by atoms with E-state index in [1.165, 1.54) is 6.07 Å². The number of rotatable bonds is 4. The van der Waals surface area contributed by atoms with Gasteiger partial charge in [0.15, 0.2) is 0 Å². The van der Waals surface area contributed by atoms with E-state index in [2.05, 4.69) is 5.32 Å². The topological polar surface area (TPSA) is 66.4 Å². The molecule has 6 heteroatoms. The molecule has 0 spiro atoms. The van der Waals surface area contributed by atoms with Crippen LogP contribution in [0, 0.1) is 0 Å². The van der Waals surface area contributed by atoms with Crippen molar-refractivity contribution in [1.82, 2.24) is 5.32 Å². The normalized spacial score (nSPS) is 18.8. The first-order valence-corrected chi connectivity index (χ1v) is 8.18. The third kappa shape index (κ3) is 3.91. The Labute approximate surface area is 120 Å². The van der Waals surface area contributed by atoms with E-state index in [0.29, 0.717) is 11.8 Å². The molecule has 0 radical (unpaired) electrons. The predicted octanol–water partition coefficient (Wildman–Crippen LogP) is 1.96. The van der Waals surface area contributed by atoms with E-state index in [4.69, 9.17) is 5.11 Å². The molecule has 1 fully saturated rings. The summed E-state index contributed by atoms with van der Waals surface area (Å²) in [7, 11) is 0. The van der Waals surface area contributed by atoms with Crippen molar-refractivity contribution in [2.24, 2.45) is 0 Å². The largest absolute Gasteiger partial charge is 0.478 e. The van der Waals surface area contributed by atoms with Crippen LogP contribution in [-0.4, -0.2) is 46.0 Å². The van der Waals surface area contributed by atoms with Gasteiger partial charge in [0.25, 0.3) is 5.91 Å². The molecule has 0 aliphatic carbocycles. The monoisotopic (exact) mass is 297 g/mol. The molecule has 4 nitrogen and oxygen atoms in total. The SMILES string of the molecule is O=C(O)c1ccccc1C(=O)NCC1CSCCS1. The number of nitrogens with one attached hydrogen (secondary N) is 1. The van der Waals surface area contributed by atoms with Gasteiger partial charge in [0.1, 0.15) is 0 Å². The summed E-state index contributed by atoms with van der Waals surface area (Å²) in [5.74, 6) is 1.92. The fourth-order valence-corrected chi connectivity index (χ4v) is 4.44. The number of amides is 1. The first-order valence-electron chi connectivity index (χ1n) is 5.98. The molecule has 1 amide bonds. The Bertz CT molecular complexity index is 473. The van der Waals surface area contributed by atoms with Crippen LogP contribution in [0.2, 0.25) is 0 Å². The van der Waals surface area contributed by atoms with Crippen molar-refractivity contribution in [2.75, 3.05) is 23.8 Å². The summed E-state index contributed by atoms with van der Waals surface area (Å²) in [5.41, 5.74) is 0.272. The van der Waals surface area contributed by atoms with Crippen LogP contribution in [0.15, 0.2) is 24.3 Å². The summed E-state index contributed by atoms with van der Waals surface area (Å²) in [6.07, 6.45) is 0. The molecule has 1 atom stereocenters. The van der Waals surface area contributed by atoms with Crippen molar-refractivity contribution in [2.45, 2.75) is 5.25 Å². The summed E-state index contributed by atoms with van der Waals surface area (Å²) >= 11 is 3.75. The third-order valence-electron chi connectivity index (χ3n) is 2.78. The molecule has 19 heavy (non-hydrogen) atoms. The molecule has 0 saturated carbocycles. The quantitative estimate of drug-likeness (QED) is 0.889. The molecule has 0 aromatic heterocycles. The minimum Gasteiger partial charge on any atom is -0.478 e. The van der Waals surface area contributed by atoms with Gasteiger partial charge >= 0.3 is 5.97 Å². The summed E-state index contributed by atoms with van der Waals surface area (Å²) in [5, 5.41) is 12.3. The van der Waals surface area contributed by atoms with Crippen molar-refractivity contribution in [3.8, 4) is 0 Å². The van der Waals surface area contributed by atoms with Gasteiger partial charge in [-0.1, -0.05) is 12.1 Å². The van der Waals surface area contributed by atoms with E-state index < -0.39 is 5.97 Å². The maximum Gasteiger partial charge on any atom is 0.336 e. The van der Waals surface area contributed by atoms with Gasteiger partial charge in [0.2, 0.25) is 0 Å². The lowest BCUT2D eigenvalue weighted by Crippen LogP contribution is -2.34. The van der Waals surface area contributed by atoms with Gasteiger partial charge in [-0.25, -0.2) is 4.79 Å². The number of carbonyl (C=O) groups is 2. The maximum absolute atomic E-state index is 12.0. The van der Waals surface area contributed by atoms with Gasteiger partial charge in [-0.3, -0.25) is 4.79 Å². The molecular weight excluding hydrogens is 282 g/mol. The number of benzene rings is 1. The van der Waals surface area contributed by atoms with Gasteiger partial charge in [-0.05, 0) is 12.1 Å². The fraction of sp³-hybridized carbons (Fsp3) is 0.385. The van der Waals surface area contributed by atoms with Gasteiger partial charge in [0, 0.05) is 29.1 Å². The van der Waals surface area contributed by atoms with Crippen molar-refractivity contribution < 1.29 is 14.7 Å². The highest BCUT2D eigenvalue weighted by atomic mass is 32.2. The second-order valence-electron chi connectivity index (χ2n) is 4.13. The Hall–Kier alpha value is -1.14. The number of carboxylic acid groups (broad SMARTS) is 1. The third-order valence-corrected chi connectivity index (χ3v) is 5.62. The Morgan fingerprint density at radius 1 is 1.26 bits per heavy atom. The average Bonchev–Trinajstić information content (AvgIpc) is 2.46. The van der Waals surface area contributed by atoms with Crippen LogP contribution in [0.25, 0.3) is 0 Å². The van der Waals surface area contributed by atoms with Crippen LogP contribution < -0.4 is 5.32 Å². The Balaban J connectivity index is 1.97. The van der Waals surface area contributed by atoms with Gasteiger partial charge in [0.05, 0.1) is 11.1 Å². The molecule has 2 rings (SSSR count). The highest BCUT2D eigenvalue weighted by molar-refractivity contribution is 8.06. The Morgan fingerprint density at radius 2 is 2.00 bits per heavy atom.